The van der Waals surface area contributed by atoms with Gasteiger partial charge in [-0.1, -0.05) is 0 Å². The Kier molecular flexibility index (Phi) is 4.89. The Hall–Kier alpha value is -1.69. The van der Waals surface area contributed by atoms with Crippen LogP contribution < -0.4 is 9.47 Å². The molecule has 0 spiro atoms. The van der Waals surface area contributed by atoms with Crippen LogP contribution in [0.3, 0.4) is 0 Å². The van der Waals surface area contributed by atoms with Gasteiger partial charge in [0.2, 0.25) is 0 Å². The van der Waals surface area contributed by atoms with Gasteiger partial charge in [-0.3, -0.25) is 0 Å². The molecule has 5 heteroatoms. The SMILES string of the molecule is COc1cc(/C=C/[C](=O)[SnH]2[CH]=CC=[CH]2)cc(OC)c1O. The summed E-state index contributed by atoms with van der Waals surface area (Å²) in [5.41, 5.74) is 0.752. The van der Waals surface area contributed by atoms with Crippen molar-refractivity contribution < 1.29 is 19.4 Å². The van der Waals surface area contributed by atoms with E-state index in [1.54, 1.807) is 24.3 Å². The third-order valence-corrected chi connectivity index (χ3v) is 9.08. The number of aromatic hydroxyl groups is 1. The van der Waals surface area contributed by atoms with Gasteiger partial charge in [-0.25, -0.2) is 0 Å². The molecule has 0 aromatic heterocycles. The Morgan fingerprint density at radius 1 is 1.15 bits per heavy atom. The van der Waals surface area contributed by atoms with Crippen LogP contribution in [0.4, 0.5) is 0 Å². The summed E-state index contributed by atoms with van der Waals surface area (Å²) >= 11 is -2.27. The number of methoxy groups -OCH3 is 2. The number of benzene rings is 1. The van der Waals surface area contributed by atoms with Crippen LogP contribution >= 0.6 is 0 Å². The average Bonchev–Trinajstić information content (AvgIpc) is 3.00. The van der Waals surface area contributed by atoms with Gasteiger partial charge in [0.25, 0.3) is 0 Å². The van der Waals surface area contributed by atoms with Crippen molar-refractivity contribution in [2.45, 2.75) is 0 Å². The molecule has 0 saturated carbocycles. The molecule has 1 aliphatic rings. The average molecular weight is 379 g/mol. The second-order valence-corrected chi connectivity index (χ2v) is 11.1. The molecule has 1 aromatic rings. The van der Waals surface area contributed by atoms with Gasteiger partial charge in [0.05, 0.1) is 0 Å². The maximum absolute atomic E-state index is 12.0. The van der Waals surface area contributed by atoms with Crippen molar-refractivity contribution in [1.29, 1.82) is 0 Å². The number of ether oxygens (including phenoxy) is 2. The number of allylic oxidation sites excluding steroid dienone is 3. The van der Waals surface area contributed by atoms with Crippen molar-refractivity contribution in [3.05, 3.63) is 44.1 Å². The fourth-order valence-electron chi connectivity index (χ4n) is 1.92. The third-order valence-electron chi connectivity index (χ3n) is 3.02. The molecule has 0 fully saturated rings. The molecule has 4 nitrogen and oxygen atoms in total. The molecule has 0 atom stereocenters. The van der Waals surface area contributed by atoms with Gasteiger partial charge in [0.1, 0.15) is 0 Å². The van der Waals surface area contributed by atoms with Gasteiger partial charge in [0.15, 0.2) is 0 Å². The van der Waals surface area contributed by atoms with Gasteiger partial charge in [0, 0.05) is 0 Å². The molecule has 0 aliphatic carbocycles. The summed E-state index contributed by atoms with van der Waals surface area (Å²) in [6, 6.07) is 3.33. The number of hydrogen-bond donors (Lipinski definition) is 1. The number of phenols is 1. The molecule has 1 aliphatic heterocycles. The molecular formula is C15H16O4Sn. The van der Waals surface area contributed by atoms with Gasteiger partial charge < -0.3 is 0 Å². The molecule has 2 rings (SSSR count). The predicted octanol–water partition coefficient (Wildman–Crippen LogP) is 1.96. The molecule has 0 radical (unpaired) electrons. The minimum atomic E-state index is -2.27. The topological polar surface area (TPSA) is 55.8 Å². The monoisotopic (exact) mass is 380 g/mol. The van der Waals surface area contributed by atoms with E-state index in [1.165, 1.54) is 14.2 Å². The van der Waals surface area contributed by atoms with Crippen molar-refractivity contribution in [3.63, 3.8) is 0 Å². The van der Waals surface area contributed by atoms with Gasteiger partial charge >= 0.3 is 125 Å². The number of rotatable bonds is 5. The molecule has 1 heterocycles. The van der Waals surface area contributed by atoms with Crippen LogP contribution in [0, 0.1) is 0 Å². The van der Waals surface area contributed by atoms with Crippen LogP contribution in [0.2, 0.25) is 0 Å². The Morgan fingerprint density at radius 3 is 2.20 bits per heavy atom. The zero-order valence-electron chi connectivity index (χ0n) is 11.4. The van der Waals surface area contributed by atoms with Crippen molar-refractivity contribution >= 4 is 29.6 Å². The van der Waals surface area contributed by atoms with Gasteiger partial charge in [-0.15, -0.1) is 0 Å². The Balaban J connectivity index is 2.22. The predicted molar refractivity (Wildman–Crippen MR) is 80.7 cm³/mol. The molecule has 0 saturated heterocycles. The van der Waals surface area contributed by atoms with Crippen LogP contribution in [0.25, 0.3) is 6.08 Å². The van der Waals surface area contributed by atoms with Crippen molar-refractivity contribution in [1.82, 2.24) is 0 Å². The van der Waals surface area contributed by atoms with E-state index in [2.05, 4.69) is 0 Å². The first-order valence-electron chi connectivity index (χ1n) is 6.17. The molecular weight excluding hydrogens is 363 g/mol. The standard InChI is InChI=1S/C11H11O4.C4H4.Sn.H/c1-14-9-6-8(4-3-5-12)7-10(15-2)11(9)13;1-3-4-2;;/h3-4,6-7,13H,1-2H3;1-4H;;/b4-3+;;;. The Labute approximate surface area is 124 Å². The van der Waals surface area contributed by atoms with E-state index in [0.29, 0.717) is 11.5 Å². The van der Waals surface area contributed by atoms with Crippen LogP contribution in [0.15, 0.2) is 38.5 Å². The summed E-state index contributed by atoms with van der Waals surface area (Å²) < 4.78 is 14.5. The van der Waals surface area contributed by atoms with Gasteiger partial charge in [-0.05, 0) is 0 Å². The maximum atomic E-state index is 12.0. The molecule has 1 aromatic carbocycles. The normalized spacial score (nSPS) is 14.1. The van der Waals surface area contributed by atoms with Crippen molar-refractivity contribution in [3.8, 4) is 17.2 Å². The first kappa shape index (κ1) is 14.7. The molecule has 0 amide bonds. The number of carbonyl (C=O) groups excluding carboxylic acids is 1. The quantitative estimate of drug-likeness (QED) is 0.628. The Morgan fingerprint density at radius 2 is 1.70 bits per heavy atom. The summed E-state index contributed by atoms with van der Waals surface area (Å²) in [5, 5.41) is 9.81. The summed E-state index contributed by atoms with van der Waals surface area (Å²) in [6.45, 7) is 0. The van der Waals surface area contributed by atoms with E-state index in [0.717, 1.165) is 5.56 Å². The fraction of sp³-hybridized carbons (Fsp3) is 0.133. The van der Waals surface area contributed by atoms with E-state index in [4.69, 9.17) is 9.47 Å². The van der Waals surface area contributed by atoms with Crippen molar-refractivity contribution in [2.24, 2.45) is 0 Å². The Bertz CT molecular complexity index is 565. The minimum absolute atomic E-state index is 0.0423. The molecule has 104 valence electrons. The van der Waals surface area contributed by atoms with Gasteiger partial charge in [-0.2, -0.15) is 0 Å². The van der Waals surface area contributed by atoms with E-state index in [9.17, 15) is 9.90 Å². The zero-order valence-corrected chi connectivity index (χ0v) is 14.7. The van der Waals surface area contributed by atoms with Crippen LogP contribution in [0.1, 0.15) is 5.56 Å². The van der Waals surface area contributed by atoms with Crippen LogP contribution in [0.5, 0.6) is 17.2 Å². The molecule has 20 heavy (non-hydrogen) atoms. The second-order valence-electron chi connectivity index (χ2n) is 4.31. The van der Waals surface area contributed by atoms with E-state index in [1.807, 2.05) is 20.3 Å². The van der Waals surface area contributed by atoms with Crippen molar-refractivity contribution in [2.75, 3.05) is 14.2 Å². The fourth-order valence-corrected chi connectivity index (χ4v) is 6.38. The number of hydrogen-bond acceptors (Lipinski definition) is 4. The second kappa shape index (κ2) is 6.65. The van der Waals surface area contributed by atoms with E-state index >= 15 is 0 Å². The molecule has 1 N–H and O–H groups in total. The first-order valence-corrected chi connectivity index (χ1v) is 11.6. The van der Waals surface area contributed by atoms with E-state index in [-0.39, 0.29) is 9.55 Å². The zero-order chi connectivity index (χ0) is 14.5. The summed E-state index contributed by atoms with van der Waals surface area (Å²) in [5.74, 6) is 0.598. The van der Waals surface area contributed by atoms with Crippen LogP contribution in [-0.2, 0) is 4.79 Å². The summed E-state index contributed by atoms with van der Waals surface area (Å²) in [4.78, 5) is 12.0. The first-order chi connectivity index (χ1) is 9.65. The third kappa shape index (κ3) is 3.25. The molecule has 0 unspecified atom stereocenters. The molecule has 0 bridgehead atoms. The summed E-state index contributed by atoms with van der Waals surface area (Å²) in [7, 11) is 2.94. The number of phenolic OH excluding ortho intramolecular Hbond substituents is 1. The summed E-state index contributed by atoms with van der Waals surface area (Å²) in [6.07, 6.45) is 7.22. The van der Waals surface area contributed by atoms with E-state index < -0.39 is 19.8 Å². The number of carbonyl (C=O) groups is 1. The van der Waals surface area contributed by atoms with Crippen LogP contribution in [-0.4, -0.2) is 42.9 Å².